The number of nitrogens with two attached hydrogens (primary N) is 1. The van der Waals surface area contributed by atoms with E-state index in [2.05, 4.69) is 0 Å². The van der Waals surface area contributed by atoms with Crippen LogP contribution in [0.5, 0.6) is 0 Å². The summed E-state index contributed by atoms with van der Waals surface area (Å²) in [6.07, 6.45) is 0. The Morgan fingerprint density at radius 3 is 2.69 bits per heavy atom. The second kappa shape index (κ2) is 3.75. The van der Waals surface area contributed by atoms with Crippen molar-refractivity contribution in [2.24, 2.45) is 0 Å². The third-order valence-electron chi connectivity index (χ3n) is 1.64. The van der Waals surface area contributed by atoms with E-state index < -0.39 is 0 Å². The number of hydrogen-bond acceptors (Lipinski definition) is 3. The molecule has 0 saturated heterocycles. The number of Topliss-reactive ketones (excluding diaryl/α,β-unsaturated/α-hetero) is 1. The van der Waals surface area contributed by atoms with Crippen molar-refractivity contribution in [3.63, 3.8) is 0 Å². The van der Waals surface area contributed by atoms with E-state index in [0.29, 0.717) is 16.8 Å². The lowest BCUT2D eigenvalue weighted by molar-refractivity contribution is 0.101. The number of carbonyl (C=O) groups excluding carboxylic acids is 1. The van der Waals surface area contributed by atoms with Gasteiger partial charge in [-0.2, -0.15) is 5.26 Å². The molecule has 0 unspecified atom stereocenters. The lowest BCUT2D eigenvalue weighted by Gasteiger charge is -2.03. The molecule has 1 aromatic rings. The van der Waals surface area contributed by atoms with E-state index in [-0.39, 0.29) is 5.78 Å². The molecule has 0 heterocycles. The number of halogens is 1. The Labute approximate surface area is 89.7 Å². The Kier molecular flexibility index (Phi) is 2.88. The summed E-state index contributed by atoms with van der Waals surface area (Å²) < 4.78 is 0.760. The Balaban J connectivity index is 3.39. The van der Waals surface area contributed by atoms with Crippen molar-refractivity contribution < 1.29 is 4.79 Å². The largest absolute Gasteiger partial charge is 0.398 e. The number of benzene rings is 1. The van der Waals surface area contributed by atoms with Crippen LogP contribution in [-0.2, 0) is 0 Å². The number of nitrogens with zero attached hydrogens (tertiary/aromatic N) is 1. The summed E-state index contributed by atoms with van der Waals surface area (Å²) in [7, 11) is 0. The first-order valence-electron chi connectivity index (χ1n) is 3.56. The molecule has 0 aromatic heterocycles. The lowest BCUT2D eigenvalue weighted by atomic mass is 10.1. The number of carbonyl (C=O) groups is 1. The van der Waals surface area contributed by atoms with Crippen LogP contribution in [0.1, 0.15) is 22.8 Å². The molecular weight excluding hydrogens is 279 g/mol. The second-order valence-electron chi connectivity index (χ2n) is 2.59. The molecule has 0 aliphatic heterocycles. The minimum absolute atomic E-state index is 0.0411. The number of hydrogen-bond donors (Lipinski definition) is 1. The van der Waals surface area contributed by atoms with E-state index in [9.17, 15) is 4.79 Å². The van der Waals surface area contributed by atoms with Gasteiger partial charge in [0.1, 0.15) is 6.07 Å². The monoisotopic (exact) mass is 286 g/mol. The van der Waals surface area contributed by atoms with Gasteiger partial charge in [-0.05, 0) is 41.6 Å². The molecule has 3 nitrogen and oxygen atoms in total. The summed E-state index contributed by atoms with van der Waals surface area (Å²) in [6, 6.07) is 5.12. The second-order valence-corrected chi connectivity index (χ2v) is 3.75. The molecule has 0 bridgehead atoms. The molecule has 0 atom stereocenters. The van der Waals surface area contributed by atoms with Gasteiger partial charge in [0.05, 0.1) is 11.3 Å². The number of anilines is 1. The molecule has 0 aliphatic carbocycles. The normalized spacial score (nSPS) is 9.31. The van der Waals surface area contributed by atoms with E-state index in [1.165, 1.54) is 6.92 Å². The van der Waals surface area contributed by atoms with Crippen LogP contribution in [0.4, 0.5) is 5.69 Å². The van der Waals surface area contributed by atoms with Gasteiger partial charge in [0.2, 0.25) is 0 Å². The molecule has 2 N–H and O–H groups in total. The molecule has 0 radical (unpaired) electrons. The fourth-order valence-corrected chi connectivity index (χ4v) is 1.80. The van der Waals surface area contributed by atoms with Crippen molar-refractivity contribution >= 4 is 34.1 Å². The van der Waals surface area contributed by atoms with Crippen molar-refractivity contribution in [3.05, 3.63) is 26.8 Å². The first-order chi connectivity index (χ1) is 6.06. The van der Waals surface area contributed by atoms with E-state index in [0.717, 1.165) is 3.57 Å². The van der Waals surface area contributed by atoms with Gasteiger partial charge < -0.3 is 5.73 Å². The molecule has 0 spiro atoms. The Morgan fingerprint density at radius 1 is 1.62 bits per heavy atom. The van der Waals surface area contributed by atoms with E-state index in [1.54, 1.807) is 12.1 Å². The van der Waals surface area contributed by atoms with Gasteiger partial charge >= 0.3 is 0 Å². The summed E-state index contributed by atoms with van der Waals surface area (Å²) in [5.41, 5.74) is 6.89. The van der Waals surface area contributed by atoms with Crippen LogP contribution in [0.2, 0.25) is 0 Å². The average Bonchev–Trinajstić information content (AvgIpc) is 2.07. The highest BCUT2D eigenvalue weighted by molar-refractivity contribution is 14.1. The maximum absolute atomic E-state index is 11.1. The summed E-state index contributed by atoms with van der Waals surface area (Å²) >= 11 is 2.01. The standard InChI is InChI=1S/C9H7IN2O/c1-5(13)7-3-9(12)6(4-11)2-8(7)10/h2-3H,12H2,1H3. The molecule has 0 saturated carbocycles. The van der Waals surface area contributed by atoms with Gasteiger partial charge in [-0.3, -0.25) is 4.79 Å². The van der Waals surface area contributed by atoms with Crippen LogP contribution in [0.25, 0.3) is 0 Å². The Bertz CT molecular complexity index is 407. The molecule has 0 fully saturated rings. The summed E-state index contributed by atoms with van der Waals surface area (Å²) in [5, 5.41) is 8.65. The van der Waals surface area contributed by atoms with Crippen molar-refractivity contribution in [1.29, 1.82) is 5.26 Å². The maximum Gasteiger partial charge on any atom is 0.160 e. The van der Waals surface area contributed by atoms with Gasteiger partial charge in [-0.25, -0.2) is 0 Å². The lowest BCUT2D eigenvalue weighted by Crippen LogP contribution is -2.00. The molecule has 0 amide bonds. The zero-order valence-electron chi connectivity index (χ0n) is 6.97. The smallest absolute Gasteiger partial charge is 0.160 e. The van der Waals surface area contributed by atoms with E-state index >= 15 is 0 Å². The average molecular weight is 286 g/mol. The fourth-order valence-electron chi connectivity index (χ4n) is 0.957. The van der Waals surface area contributed by atoms with Crippen LogP contribution in [0, 0.1) is 14.9 Å². The highest BCUT2D eigenvalue weighted by atomic mass is 127. The molecule has 1 rings (SSSR count). The molecule has 13 heavy (non-hydrogen) atoms. The van der Waals surface area contributed by atoms with Crippen LogP contribution < -0.4 is 5.73 Å². The zero-order valence-corrected chi connectivity index (χ0v) is 9.12. The van der Waals surface area contributed by atoms with Crippen LogP contribution >= 0.6 is 22.6 Å². The fraction of sp³-hybridized carbons (Fsp3) is 0.111. The van der Waals surface area contributed by atoms with Crippen LogP contribution in [-0.4, -0.2) is 5.78 Å². The third kappa shape index (κ3) is 1.98. The molecule has 4 heteroatoms. The van der Waals surface area contributed by atoms with Crippen molar-refractivity contribution in [3.8, 4) is 6.07 Å². The van der Waals surface area contributed by atoms with Gasteiger partial charge in [0, 0.05) is 9.13 Å². The minimum Gasteiger partial charge on any atom is -0.398 e. The predicted molar refractivity (Wildman–Crippen MR) is 58.3 cm³/mol. The summed E-state index contributed by atoms with van der Waals surface area (Å²) in [5.74, 6) is -0.0411. The van der Waals surface area contributed by atoms with Crippen LogP contribution in [0.3, 0.4) is 0 Å². The van der Waals surface area contributed by atoms with Gasteiger partial charge in [0.25, 0.3) is 0 Å². The SMILES string of the molecule is CC(=O)c1cc(N)c(C#N)cc1I. The number of rotatable bonds is 1. The summed E-state index contributed by atoms with van der Waals surface area (Å²) in [4.78, 5) is 11.1. The Morgan fingerprint density at radius 2 is 2.23 bits per heavy atom. The predicted octanol–water partition coefficient (Wildman–Crippen LogP) is 1.95. The highest BCUT2D eigenvalue weighted by Crippen LogP contribution is 2.20. The molecule has 66 valence electrons. The van der Waals surface area contributed by atoms with E-state index in [1.807, 2.05) is 28.7 Å². The summed E-state index contributed by atoms with van der Waals surface area (Å²) in [6.45, 7) is 1.48. The number of nitriles is 1. The zero-order chi connectivity index (χ0) is 10.0. The molecule has 0 aliphatic rings. The van der Waals surface area contributed by atoms with Gasteiger partial charge in [0.15, 0.2) is 5.78 Å². The van der Waals surface area contributed by atoms with Crippen molar-refractivity contribution in [1.82, 2.24) is 0 Å². The number of ketones is 1. The molecule has 1 aromatic carbocycles. The minimum atomic E-state index is -0.0411. The Hall–Kier alpha value is -1.09. The third-order valence-corrected chi connectivity index (χ3v) is 2.53. The topological polar surface area (TPSA) is 66.9 Å². The van der Waals surface area contributed by atoms with E-state index in [4.69, 9.17) is 11.0 Å². The van der Waals surface area contributed by atoms with Crippen molar-refractivity contribution in [2.75, 3.05) is 5.73 Å². The van der Waals surface area contributed by atoms with Gasteiger partial charge in [-0.1, -0.05) is 0 Å². The maximum atomic E-state index is 11.1. The van der Waals surface area contributed by atoms with Crippen molar-refractivity contribution in [2.45, 2.75) is 6.92 Å². The quantitative estimate of drug-likeness (QED) is 0.487. The van der Waals surface area contributed by atoms with Crippen LogP contribution in [0.15, 0.2) is 12.1 Å². The molecular formula is C9H7IN2O. The number of nitrogen functional groups attached to an aromatic ring is 1. The highest BCUT2D eigenvalue weighted by Gasteiger charge is 2.08. The first-order valence-corrected chi connectivity index (χ1v) is 4.64. The first kappa shape index (κ1) is 9.99. The van der Waals surface area contributed by atoms with Gasteiger partial charge in [-0.15, -0.1) is 0 Å².